The van der Waals surface area contributed by atoms with Crippen LogP contribution in [0.15, 0.2) is 47.0 Å². The summed E-state index contributed by atoms with van der Waals surface area (Å²) in [6, 6.07) is 13.9. The predicted molar refractivity (Wildman–Crippen MR) is 123 cm³/mol. The Balaban J connectivity index is 1.68. The quantitative estimate of drug-likeness (QED) is 0.326. The fraction of sp³-hybridized carbons (Fsp3) is 0.391. The second-order valence-corrected chi connectivity index (χ2v) is 7.40. The van der Waals surface area contributed by atoms with E-state index in [0.29, 0.717) is 36.4 Å². The zero-order chi connectivity index (χ0) is 21.2. The first-order valence-corrected chi connectivity index (χ1v) is 11.3. The highest BCUT2D eigenvalue weighted by molar-refractivity contribution is 7.16. The van der Waals surface area contributed by atoms with Gasteiger partial charge in [-0.3, -0.25) is 0 Å². The number of ether oxygens (including phenoxy) is 2. The highest BCUT2D eigenvalue weighted by Crippen LogP contribution is 2.33. The van der Waals surface area contributed by atoms with Crippen molar-refractivity contribution in [1.29, 1.82) is 0 Å². The van der Waals surface area contributed by atoms with Gasteiger partial charge in [-0.15, -0.1) is 9.24 Å². The minimum atomic E-state index is 0.453. The van der Waals surface area contributed by atoms with Gasteiger partial charge in [0, 0.05) is 17.7 Å². The van der Waals surface area contributed by atoms with Crippen molar-refractivity contribution >= 4 is 9.24 Å². The molecule has 0 aliphatic rings. The molecule has 3 aromatic rings. The van der Waals surface area contributed by atoms with Crippen LogP contribution in [0.3, 0.4) is 0 Å². The maximum absolute atomic E-state index is 5.69. The Morgan fingerprint density at radius 1 is 0.933 bits per heavy atom. The van der Waals surface area contributed by atoms with Crippen molar-refractivity contribution < 1.29 is 14.0 Å². The van der Waals surface area contributed by atoms with E-state index < -0.39 is 0 Å². The van der Waals surface area contributed by atoms with Crippen LogP contribution in [-0.2, 0) is 6.54 Å². The van der Waals surface area contributed by atoms with Crippen LogP contribution in [0, 0.1) is 0 Å². The van der Waals surface area contributed by atoms with Crippen LogP contribution < -0.4 is 14.8 Å². The summed E-state index contributed by atoms with van der Waals surface area (Å²) in [4.78, 5) is 4.56. The van der Waals surface area contributed by atoms with Crippen LogP contribution in [0.4, 0.5) is 0 Å². The first kappa shape index (κ1) is 22.3. The second-order valence-electron chi connectivity index (χ2n) is 6.82. The van der Waals surface area contributed by atoms with Crippen LogP contribution in [-0.4, -0.2) is 36.1 Å². The molecule has 0 amide bonds. The lowest BCUT2D eigenvalue weighted by Crippen LogP contribution is -2.14. The number of nitrogens with zero attached hydrogens (tertiary/aromatic N) is 2. The van der Waals surface area contributed by atoms with Gasteiger partial charge in [0.25, 0.3) is 5.89 Å². The lowest BCUT2D eigenvalue weighted by molar-refractivity contribution is 0.288. The SMILES string of the molecule is CCOc1ccc(-c2nc(-c3ccc(CNCCCCP)cc3)no2)cc1OCC. The Morgan fingerprint density at radius 3 is 2.40 bits per heavy atom. The Labute approximate surface area is 180 Å². The van der Waals surface area contributed by atoms with Gasteiger partial charge in [0.05, 0.1) is 13.2 Å². The molecule has 1 N–H and O–H groups in total. The van der Waals surface area contributed by atoms with Crippen LogP contribution in [0.25, 0.3) is 22.8 Å². The molecular formula is C23H30N3O3P. The third-order valence-electron chi connectivity index (χ3n) is 4.57. The summed E-state index contributed by atoms with van der Waals surface area (Å²) in [7, 11) is 2.77. The number of nitrogens with one attached hydrogen (secondary N) is 1. The maximum atomic E-state index is 5.69. The van der Waals surface area contributed by atoms with Gasteiger partial charge in [-0.1, -0.05) is 29.4 Å². The van der Waals surface area contributed by atoms with Crippen LogP contribution >= 0.6 is 9.24 Å². The second kappa shape index (κ2) is 11.7. The Bertz CT molecular complexity index is 912. The van der Waals surface area contributed by atoms with E-state index in [1.807, 2.05) is 44.2 Å². The third-order valence-corrected chi connectivity index (χ3v) is 4.97. The number of hydrogen-bond acceptors (Lipinski definition) is 6. The van der Waals surface area contributed by atoms with Gasteiger partial charge in [0.15, 0.2) is 11.5 Å². The number of aromatic nitrogens is 2. The van der Waals surface area contributed by atoms with Gasteiger partial charge in [-0.2, -0.15) is 4.98 Å². The predicted octanol–water partition coefficient (Wildman–Crippen LogP) is 4.95. The molecule has 30 heavy (non-hydrogen) atoms. The zero-order valence-corrected chi connectivity index (χ0v) is 18.8. The molecule has 0 aliphatic carbocycles. The number of hydrogen-bond donors (Lipinski definition) is 1. The van der Waals surface area contributed by atoms with Crippen molar-refractivity contribution in [3.05, 3.63) is 48.0 Å². The van der Waals surface area contributed by atoms with E-state index >= 15 is 0 Å². The van der Waals surface area contributed by atoms with Crippen molar-refractivity contribution in [2.75, 3.05) is 25.9 Å². The van der Waals surface area contributed by atoms with Gasteiger partial charge in [-0.05, 0) is 63.2 Å². The molecule has 0 radical (unpaired) electrons. The highest BCUT2D eigenvalue weighted by Gasteiger charge is 2.14. The van der Waals surface area contributed by atoms with E-state index in [0.717, 1.165) is 30.4 Å². The molecule has 1 atom stereocenters. The number of benzene rings is 2. The standard InChI is InChI=1S/C23H30N3O3P/c1-3-27-20-12-11-19(15-21(20)28-4-2)23-25-22(26-29-23)18-9-7-17(8-10-18)16-24-13-5-6-14-30/h7-12,15,24H,3-6,13-14,16,30H2,1-2H3. The molecule has 6 nitrogen and oxygen atoms in total. The van der Waals surface area contributed by atoms with E-state index in [9.17, 15) is 0 Å². The molecule has 3 rings (SSSR count). The summed E-state index contributed by atoms with van der Waals surface area (Å²) in [5, 5.41) is 7.62. The van der Waals surface area contributed by atoms with Crippen molar-refractivity contribution in [2.24, 2.45) is 0 Å². The summed E-state index contributed by atoms with van der Waals surface area (Å²) in [5.41, 5.74) is 2.96. The Morgan fingerprint density at radius 2 is 1.67 bits per heavy atom. The molecular weight excluding hydrogens is 397 g/mol. The van der Waals surface area contributed by atoms with E-state index in [2.05, 4.69) is 36.8 Å². The van der Waals surface area contributed by atoms with E-state index in [-0.39, 0.29) is 0 Å². The van der Waals surface area contributed by atoms with Crippen LogP contribution in [0.2, 0.25) is 0 Å². The van der Waals surface area contributed by atoms with Gasteiger partial charge >= 0.3 is 0 Å². The fourth-order valence-electron chi connectivity index (χ4n) is 3.04. The molecule has 1 unspecified atom stereocenters. The van der Waals surface area contributed by atoms with Crippen molar-refractivity contribution in [3.63, 3.8) is 0 Å². The van der Waals surface area contributed by atoms with Crippen LogP contribution in [0.5, 0.6) is 11.5 Å². The van der Waals surface area contributed by atoms with Gasteiger partial charge in [0.1, 0.15) is 0 Å². The van der Waals surface area contributed by atoms with E-state index in [1.165, 1.54) is 18.4 Å². The highest BCUT2D eigenvalue weighted by atomic mass is 31.0. The monoisotopic (exact) mass is 427 g/mol. The minimum absolute atomic E-state index is 0.453. The number of rotatable bonds is 12. The summed E-state index contributed by atoms with van der Waals surface area (Å²) in [6.45, 7) is 6.92. The van der Waals surface area contributed by atoms with Gasteiger partial charge in [-0.25, -0.2) is 0 Å². The lowest BCUT2D eigenvalue weighted by Gasteiger charge is -2.11. The molecule has 1 heterocycles. The normalized spacial score (nSPS) is 10.9. The molecule has 1 aromatic heterocycles. The van der Waals surface area contributed by atoms with Gasteiger partial charge in [0.2, 0.25) is 5.82 Å². The van der Waals surface area contributed by atoms with E-state index in [4.69, 9.17) is 14.0 Å². The summed E-state index contributed by atoms with van der Waals surface area (Å²) < 4.78 is 16.8. The fourth-order valence-corrected chi connectivity index (χ4v) is 3.33. The number of unbranched alkanes of at least 4 members (excludes halogenated alkanes) is 1. The molecule has 0 fully saturated rings. The smallest absolute Gasteiger partial charge is 0.258 e. The maximum Gasteiger partial charge on any atom is 0.258 e. The van der Waals surface area contributed by atoms with Gasteiger partial charge < -0.3 is 19.3 Å². The molecule has 2 aromatic carbocycles. The average Bonchev–Trinajstić information content (AvgIpc) is 3.26. The zero-order valence-electron chi connectivity index (χ0n) is 17.7. The van der Waals surface area contributed by atoms with Crippen molar-refractivity contribution in [3.8, 4) is 34.3 Å². The molecule has 0 spiro atoms. The van der Waals surface area contributed by atoms with Crippen LogP contribution in [0.1, 0.15) is 32.3 Å². The Kier molecular flexibility index (Phi) is 8.66. The first-order chi connectivity index (χ1) is 14.7. The molecule has 0 saturated carbocycles. The Hall–Kier alpha value is -2.43. The molecule has 0 saturated heterocycles. The molecule has 160 valence electrons. The first-order valence-electron chi connectivity index (χ1n) is 10.5. The molecule has 0 aliphatic heterocycles. The summed E-state index contributed by atoms with van der Waals surface area (Å²) in [5.74, 6) is 2.40. The molecule has 0 bridgehead atoms. The largest absolute Gasteiger partial charge is 0.490 e. The van der Waals surface area contributed by atoms with E-state index in [1.54, 1.807) is 0 Å². The topological polar surface area (TPSA) is 69.4 Å². The lowest BCUT2D eigenvalue weighted by atomic mass is 10.1. The summed E-state index contributed by atoms with van der Waals surface area (Å²) in [6.07, 6.45) is 3.59. The minimum Gasteiger partial charge on any atom is -0.490 e. The average molecular weight is 427 g/mol. The molecule has 7 heteroatoms. The summed E-state index contributed by atoms with van der Waals surface area (Å²) >= 11 is 0. The van der Waals surface area contributed by atoms with Crippen molar-refractivity contribution in [1.82, 2.24) is 15.5 Å². The third kappa shape index (κ3) is 6.04. The van der Waals surface area contributed by atoms with Crippen molar-refractivity contribution in [2.45, 2.75) is 33.2 Å².